The van der Waals surface area contributed by atoms with Gasteiger partial charge in [0.15, 0.2) is 0 Å². The van der Waals surface area contributed by atoms with Crippen LogP contribution in [0.2, 0.25) is 0 Å². The summed E-state index contributed by atoms with van der Waals surface area (Å²) in [5, 5.41) is 3.42. The smallest absolute Gasteiger partial charge is 0.222 e. The zero-order chi connectivity index (χ0) is 13.8. The second-order valence-electron chi connectivity index (χ2n) is 4.89. The lowest BCUT2D eigenvalue weighted by Gasteiger charge is -2.23. The second kappa shape index (κ2) is 5.88. The average Bonchev–Trinajstić information content (AvgIpc) is 2.49. The number of hydrogen-bond donors (Lipinski definition) is 2. The first-order chi connectivity index (χ1) is 9.81. The van der Waals surface area contributed by atoms with Gasteiger partial charge in [0.05, 0.1) is 5.69 Å². The third kappa shape index (κ3) is 3.05. The minimum atomic E-state index is 0.293. The van der Waals surface area contributed by atoms with Gasteiger partial charge < -0.3 is 15.8 Å². The molecule has 3 rings (SSSR count). The van der Waals surface area contributed by atoms with Crippen molar-refractivity contribution in [3.05, 3.63) is 36.4 Å². The van der Waals surface area contributed by atoms with E-state index in [4.69, 9.17) is 10.5 Å². The first-order valence-electron chi connectivity index (χ1n) is 6.85. The summed E-state index contributed by atoms with van der Waals surface area (Å²) in [4.78, 5) is 8.57. The lowest BCUT2D eigenvalue weighted by molar-refractivity contribution is 0.0904. The highest BCUT2D eigenvalue weighted by molar-refractivity contribution is 5.63. The molecule has 1 aromatic heterocycles. The van der Waals surface area contributed by atoms with E-state index in [1.54, 1.807) is 0 Å². The predicted octanol–water partition coefficient (Wildman–Crippen LogP) is 2.32. The number of rotatable bonds is 3. The lowest BCUT2D eigenvalue weighted by atomic mass is 10.1. The third-order valence-electron chi connectivity index (χ3n) is 3.39. The normalized spacial score (nSPS) is 16.0. The summed E-state index contributed by atoms with van der Waals surface area (Å²) in [5.74, 6) is 1.07. The number of hydrogen-bond acceptors (Lipinski definition) is 5. The first kappa shape index (κ1) is 12.9. The molecule has 20 heavy (non-hydrogen) atoms. The number of anilines is 2. The van der Waals surface area contributed by atoms with Crippen LogP contribution in [0, 0.1) is 0 Å². The maximum atomic E-state index is 5.81. The molecule has 0 atom stereocenters. The summed E-state index contributed by atoms with van der Waals surface area (Å²) in [6, 6.07) is 12.3. The van der Waals surface area contributed by atoms with E-state index in [2.05, 4.69) is 15.3 Å². The SMILES string of the molecule is Nc1nc(NC2CCOCC2)cc(-c2ccccc2)n1. The van der Waals surface area contributed by atoms with Crippen LogP contribution in [0.3, 0.4) is 0 Å². The van der Waals surface area contributed by atoms with Gasteiger partial charge in [0.25, 0.3) is 0 Å². The van der Waals surface area contributed by atoms with Gasteiger partial charge in [-0.2, -0.15) is 4.98 Å². The van der Waals surface area contributed by atoms with Crippen LogP contribution in [0.5, 0.6) is 0 Å². The maximum Gasteiger partial charge on any atom is 0.222 e. The molecule has 0 radical (unpaired) electrons. The molecule has 0 saturated carbocycles. The van der Waals surface area contributed by atoms with Gasteiger partial charge in [-0.15, -0.1) is 0 Å². The van der Waals surface area contributed by atoms with Crippen molar-refractivity contribution in [3.63, 3.8) is 0 Å². The minimum absolute atomic E-state index is 0.293. The van der Waals surface area contributed by atoms with E-state index in [-0.39, 0.29) is 0 Å². The third-order valence-corrected chi connectivity index (χ3v) is 3.39. The molecule has 1 aliphatic rings. The molecule has 0 bridgehead atoms. The Balaban J connectivity index is 1.83. The molecule has 1 aromatic carbocycles. The van der Waals surface area contributed by atoms with Crippen molar-refractivity contribution in [2.45, 2.75) is 18.9 Å². The maximum absolute atomic E-state index is 5.81. The summed E-state index contributed by atoms with van der Waals surface area (Å²) in [7, 11) is 0. The molecular weight excluding hydrogens is 252 g/mol. The molecule has 2 heterocycles. The van der Waals surface area contributed by atoms with Gasteiger partial charge in [0.2, 0.25) is 5.95 Å². The summed E-state index contributed by atoms with van der Waals surface area (Å²) in [6.07, 6.45) is 1.98. The topological polar surface area (TPSA) is 73.1 Å². The molecule has 2 aromatic rings. The minimum Gasteiger partial charge on any atom is -0.381 e. The molecular formula is C15H18N4O. The van der Waals surface area contributed by atoms with E-state index in [0.29, 0.717) is 12.0 Å². The molecule has 0 aliphatic carbocycles. The zero-order valence-corrected chi connectivity index (χ0v) is 11.2. The Morgan fingerprint density at radius 2 is 1.85 bits per heavy atom. The number of nitrogens with zero attached hydrogens (tertiary/aromatic N) is 2. The largest absolute Gasteiger partial charge is 0.381 e. The van der Waals surface area contributed by atoms with Crippen LogP contribution in [0.15, 0.2) is 36.4 Å². The van der Waals surface area contributed by atoms with Crippen LogP contribution in [0.1, 0.15) is 12.8 Å². The molecule has 1 aliphatic heterocycles. The van der Waals surface area contributed by atoms with Crippen molar-refractivity contribution in [1.82, 2.24) is 9.97 Å². The van der Waals surface area contributed by atoms with Gasteiger partial charge in [0.1, 0.15) is 5.82 Å². The lowest BCUT2D eigenvalue weighted by Crippen LogP contribution is -2.28. The van der Waals surface area contributed by atoms with Crippen molar-refractivity contribution in [1.29, 1.82) is 0 Å². The fraction of sp³-hybridized carbons (Fsp3) is 0.333. The summed E-state index contributed by atoms with van der Waals surface area (Å²) < 4.78 is 5.36. The Labute approximate surface area is 118 Å². The standard InChI is InChI=1S/C15H18N4O/c16-15-18-13(11-4-2-1-3-5-11)10-14(19-15)17-12-6-8-20-9-7-12/h1-5,10,12H,6-9H2,(H3,16,17,18,19). The highest BCUT2D eigenvalue weighted by Gasteiger charge is 2.14. The van der Waals surface area contributed by atoms with Gasteiger partial charge in [-0.05, 0) is 12.8 Å². The number of nitrogens with one attached hydrogen (secondary N) is 1. The molecule has 0 amide bonds. The zero-order valence-electron chi connectivity index (χ0n) is 11.2. The van der Waals surface area contributed by atoms with E-state index in [1.807, 2.05) is 36.4 Å². The van der Waals surface area contributed by atoms with Gasteiger partial charge in [0, 0.05) is 30.9 Å². The summed E-state index contributed by atoms with van der Waals surface area (Å²) >= 11 is 0. The number of aromatic nitrogens is 2. The van der Waals surface area contributed by atoms with E-state index >= 15 is 0 Å². The van der Waals surface area contributed by atoms with Crippen molar-refractivity contribution in [2.75, 3.05) is 24.3 Å². The molecule has 0 unspecified atom stereocenters. The average molecular weight is 270 g/mol. The Kier molecular flexibility index (Phi) is 3.78. The summed E-state index contributed by atoms with van der Waals surface area (Å²) in [6.45, 7) is 1.59. The van der Waals surface area contributed by atoms with Crippen molar-refractivity contribution in [2.24, 2.45) is 0 Å². The Hall–Kier alpha value is -2.14. The van der Waals surface area contributed by atoms with Crippen LogP contribution < -0.4 is 11.1 Å². The van der Waals surface area contributed by atoms with Crippen LogP contribution >= 0.6 is 0 Å². The Morgan fingerprint density at radius 3 is 2.60 bits per heavy atom. The van der Waals surface area contributed by atoms with E-state index in [0.717, 1.165) is 43.1 Å². The fourth-order valence-corrected chi connectivity index (χ4v) is 2.35. The van der Waals surface area contributed by atoms with Gasteiger partial charge in [-0.25, -0.2) is 4.98 Å². The summed E-state index contributed by atoms with van der Waals surface area (Å²) in [5.41, 5.74) is 7.69. The van der Waals surface area contributed by atoms with Crippen molar-refractivity contribution >= 4 is 11.8 Å². The molecule has 104 valence electrons. The fourth-order valence-electron chi connectivity index (χ4n) is 2.35. The molecule has 3 N–H and O–H groups in total. The van der Waals surface area contributed by atoms with Crippen molar-refractivity contribution in [3.8, 4) is 11.3 Å². The Bertz CT molecular complexity index is 567. The molecule has 5 heteroatoms. The predicted molar refractivity (Wildman–Crippen MR) is 79.3 cm³/mol. The van der Waals surface area contributed by atoms with Crippen LogP contribution in [0.4, 0.5) is 11.8 Å². The van der Waals surface area contributed by atoms with Gasteiger partial charge in [-0.1, -0.05) is 30.3 Å². The van der Waals surface area contributed by atoms with Gasteiger partial charge >= 0.3 is 0 Å². The number of benzene rings is 1. The van der Waals surface area contributed by atoms with E-state index in [1.165, 1.54) is 0 Å². The van der Waals surface area contributed by atoms with E-state index < -0.39 is 0 Å². The number of ether oxygens (including phenoxy) is 1. The monoisotopic (exact) mass is 270 g/mol. The molecule has 1 fully saturated rings. The van der Waals surface area contributed by atoms with Gasteiger partial charge in [-0.3, -0.25) is 0 Å². The van der Waals surface area contributed by atoms with Crippen LogP contribution in [-0.2, 0) is 4.74 Å². The molecule has 5 nitrogen and oxygen atoms in total. The highest BCUT2D eigenvalue weighted by Crippen LogP contribution is 2.21. The van der Waals surface area contributed by atoms with Crippen molar-refractivity contribution < 1.29 is 4.74 Å². The first-order valence-corrected chi connectivity index (χ1v) is 6.85. The number of nitrogens with two attached hydrogens (primary N) is 1. The Morgan fingerprint density at radius 1 is 1.10 bits per heavy atom. The highest BCUT2D eigenvalue weighted by atomic mass is 16.5. The van der Waals surface area contributed by atoms with Crippen LogP contribution in [0.25, 0.3) is 11.3 Å². The molecule has 0 spiro atoms. The quantitative estimate of drug-likeness (QED) is 0.895. The number of nitrogen functional groups attached to an aromatic ring is 1. The molecule has 1 saturated heterocycles. The van der Waals surface area contributed by atoms with Crippen LogP contribution in [-0.4, -0.2) is 29.2 Å². The van der Waals surface area contributed by atoms with E-state index in [9.17, 15) is 0 Å². The second-order valence-corrected chi connectivity index (χ2v) is 4.89.